The molecule has 1 aromatic rings. The summed E-state index contributed by atoms with van der Waals surface area (Å²) < 4.78 is 5.77. The van der Waals surface area contributed by atoms with Crippen LogP contribution in [0.2, 0.25) is 0 Å². The maximum absolute atomic E-state index is 11.8. The topological polar surface area (TPSA) is 57.2 Å². The average Bonchev–Trinajstić information content (AvgIpc) is 3.08. The lowest BCUT2D eigenvalue weighted by atomic mass is 10.1. The molecule has 6 nitrogen and oxygen atoms in total. The first-order valence-corrected chi connectivity index (χ1v) is 9.33. The minimum absolute atomic E-state index is 0. The lowest BCUT2D eigenvalue weighted by Crippen LogP contribution is -2.43. The largest absolute Gasteiger partial charge is 0.376 e. The van der Waals surface area contributed by atoms with Crippen LogP contribution in [0.5, 0.6) is 0 Å². The lowest BCUT2D eigenvalue weighted by Gasteiger charge is -2.27. The fourth-order valence-electron chi connectivity index (χ4n) is 2.50. The van der Waals surface area contributed by atoms with E-state index in [9.17, 15) is 4.79 Å². The quantitative estimate of drug-likeness (QED) is 0.386. The normalized spacial score (nSPS) is 17.6. The average molecular weight is 480 g/mol. The molecule has 0 spiro atoms. The number of carbonyl (C=O) groups excluding carboxylic acids is 1. The summed E-state index contributed by atoms with van der Waals surface area (Å²) in [7, 11) is 5.48. The molecule has 0 aliphatic carbocycles. The molecule has 1 aromatic heterocycles. The Labute approximate surface area is 171 Å². The number of likely N-dealkylation sites (N-methyl/N-ethyl adjacent to an activating group) is 1. The number of carbonyl (C=O) groups is 1. The summed E-state index contributed by atoms with van der Waals surface area (Å²) in [5.41, 5.74) is 1.24. The van der Waals surface area contributed by atoms with E-state index in [0.29, 0.717) is 0 Å². The van der Waals surface area contributed by atoms with E-state index in [1.807, 2.05) is 11.9 Å². The molecule has 0 aromatic carbocycles. The summed E-state index contributed by atoms with van der Waals surface area (Å²) in [6.45, 7) is 2.47. The number of ether oxygens (including phenoxy) is 1. The van der Waals surface area contributed by atoms with Crippen molar-refractivity contribution in [3.8, 4) is 0 Å². The van der Waals surface area contributed by atoms with Gasteiger partial charge in [0.1, 0.15) is 6.54 Å². The van der Waals surface area contributed by atoms with E-state index < -0.39 is 0 Å². The van der Waals surface area contributed by atoms with E-state index in [-0.39, 0.29) is 42.5 Å². The van der Waals surface area contributed by atoms with Crippen molar-refractivity contribution < 1.29 is 9.53 Å². The van der Waals surface area contributed by atoms with Crippen molar-refractivity contribution in [3.63, 3.8) is 0 Å². The van der Waals surface area contributed by atoms with Crippen LogP contribution in [0.1, 0.15) is 24.8 Å². The Balaban J connectivity index is 0.00000312. The lowest BCUT2D eigenvalue weighted by molar-refractivity contribution is -0.127. The maximum Gasteiger partial charge on any atom is 0.243 e. The molecule has 1 atom stereocenters. The zero-order valence-corrected chi connectivity index (χ0v) is 18.4. The summed E-state index contributed by atoms with van der Waals surface area (Å²) in [5, 5.41) is 7.58. The third-order valence-corrected chi connectivity index (χ3v) is 4.72. The van der Waals surface area contributed by atoms with E-state index in [1.54, 1.807) is 30.3 Å². The van der Waals surface area contributed by atoms with Crippen molar-refractivity contribution in [3.05, 3.63) is 22.4 Å². The zero-order valence-electron chi connectivity index (χ0n) is 15.2. The van der Waals surface area contributed by atoms with Gasteiger partial charge < -0.3 is 19.9 Å². The van der Waals surface area contributed by atoms with Crippen LogP contribution in [-0.2, 0) is 16.1 Å². The van der Waals surface area contributed by atoms with E-state index in [1.165, 1.54) is 12.0 Å². The Kier molecular flexibility index (Phi) is 10.4. The molecule has 142 valence electrons. The second kappa shape index (κ2) is 11.7. The van der Waals surface area contributed by atoms with Crippen LogP contribution < -0.4 is 5.32 Å². The molecule has 8 heteroatoms. The number of hydrogen-bond acceptors (Lipinski definition) is 4. The number of nitrogens with zero attached hydrogens (tertiary/aromatic N) is 3. The highest BCUT2D eigenvalue weighted by molar-refractivity contribution is 14.0. The van der Waals surface area contributed by atoms with Gasteiger partial charge in [-0.25, -0.2) is 4.99 Å². The van der Waals surface area contributed by atoms with Crippen LogP contribution in [-0.4, -0.2) is 68.6 Å². The van der Waals surface area contributed by atoms with Gasteiger partial charge >= 0.3 is 0 Å². The Hall–Kier alpha value is -0.870. The molecule has 0 saturated carbocycles. The van der Waals surface area contributed by atoms with Crippen molar-refractivity contribution in [2.75, 3.05) is 40.8 Å². The molecule has 1 saturated heterocycles. The molecule has 0 radical (unpaired) electrons. The Morgan fingerprint density at radius 2 is 2.20 bits per heavy atom. The van der Waals surface area contributed by atoms with Crippen molar-refractivity contribution in [1.29, 1.82) is 0 Å². The molecule has 1 aliphatic heterocycles. The van der Waals surface area contributed by atoms with Gasteiger partial charge in [0.25, 0.3) is 0 Å². The molecule has 1 aliphatic rings. The third kappa shape index (κ3) is 7.91. The molecular formula is C17H29IN4O2S. The Bertz CT molecular complexity index is 531. The molecule has 2 rings (SSSR count). The number of aliphatic imine (C=N–C) groups is 1. The molecule has 1 fully saturated rings. The van der Waals surface area contributed by atoms with Crippen LogP contribution in [0.4, 0.5) is 0 Å². The Morgan fingerprint density at radius 3 is 2.80 bits per heavy atom. The van der Waals surface area contributed by atoms with Gasteiger partial charge in [-0.15, -0.1) is 24.0 Å². The first-order chi connectivity index (χ1) is 11.6. The molecule has 1 unspecified atom stereocenters. The fourth-order valence-corrected chi connectivity index (χ4v) is 3.16. The summed E-state index contributed by atoms with van der Waals surface area (Å²) in [6.07, 6.45) is 3.66. The van der Waals surface area contributed by atoms with Gasteiger partial charge in [0, 0.05) is 40.8 Å². The first kappa shape index (κ1) is 22.2. The minimum atomic E-state index is -0.00727. The number of rotatable bonds is 6. The maximum atomic E-state index is 11.8. The summed E-state index contributed by atoms with van der Waals surface area (Å²) in [4.78, 5) is 19.9. The fraction of sp³-hybridized carbons (Fsp3) is 0.647. The standard InChI is InChI=1S/C17H28N4O2S.HI/c1-20(2)16(22)11-19-17(18-10-15-6-4-5-8-23-15)21(3)12-14-7-9-24-13-14;/h7,9,13,15H,4-6,8,10-12H2,1-3H3,(H,18,19);1H. The summed E-state index contributed by atoms with van der Waals surface area (Å²) >= 11 is 1.68. The molecule has 1 amide bonds. The van der Waals surface area contributed by atoms with Crippen molar-refractivity contribution >= 4 is 47.2 Å². The van der Waals surface area contributed by atoms with Crippen molar-refractivity contribution in [2.45, 2.75) is 31.9 Å². The number of amides is 1. The van der Waals surface area contributed by atoms with Gasteiger partial charge in [0.05, 0.1) is 6.10 Å². The predicted octanol–water partition coefficient (Wildman–Crippen LogP) is 2.40. The van der Waals surface area contributed by atoms with Crippen LogP contribution in [0.25, 0.3) is 0 Å². The summed E-state index contributed by atoms with van der Waals surface area (Å²) in [5.74, 6) is 0.734. The van der Waals surface area contributed by atoms with Crippen LogP contribution >= 0.6 is 35.3 Å². The Morgan fingerprint density at radius 1 is 1.40 bits per heavy atom. The SMILES string of the molecule is CN(C)C(=O)CN=C(NCC1CCCCO1)N(C)Cc1ccsc1.I. The number of nitrogens with one attached hydrogen (secondary N) is 1. The number of thiophene rings is 1. The van der Waals surface area contributed by atoms with Crippen LogP contribution in [0, 0.1) is 0 Å². The number of halogens is 1. The zero-order chi connectivity index (χ0) is 17.4. The summed E-state index contributed by atoms with van der Waals surface area (Å²) in [6, 6.07) is 2.11. The van der Waals surface area contributed by atoms with E-state index in [4.69, 9.17) is 4.74 Å². The molecule has 2 heterocycles. The highest BCUT2D eigenvalue weighted by Crippen LogP contribution is 2.12. The smallest absolute Gasteiger partial charge is 0.243 e. The number of guanidine groups is 1. The van der Waals surface area contributed by atoms with E-state index in [0.717, 1.165) is 38.5 Å². The van der Waals surface area contributed by atoms with Gasteiger partial charge in [0.2, 0.25) is 5.91 Å². The van der Waals surface area contributed by atoms with E-state index >= 15 is 0 Å². The highest BCUT2D eigenvalue weighted by atomic mass is 127. The van der Waals surface area contributed by atoms with Crippen molar-refractivity contribution in [2.24, 2.45) is 4.99 Å². The monoisotopic (exact) mass is 480 g/mol. The third-order valence-electron chi connectivity index (χ3n) is 3.99. The van der Waals surface area contributed by atoms with Crippen LogP contribution in [0.15, 0.2) is 21.8 Å². The highest BCUT2D eigenvalue weighted by Gasteiger charge is 2.16. The first-order valence-electron chi connectivity index (χ1n) is 8.38. The molecular weight excluding hydrogens is 451 g/mol. The second-order valence-electron chi connectivity index (χ2n) is 6.29. The van der Waals surface area contributed by atoms with Gasteiger partial charge in [-0.05, 0) is 41.7 Å². The molecule has 0 bridgehead atoms. The van der Waals surface area contributed by atoms with Gasteiger partial charge in [-0.1, -0.05) is 0 Å². The van der Waals surface area contributed by atoms with Gasteiger partial charge in [0.15, 0.2) is 5.96 Å². The van der Waals surface area contributed by atoms with Crippen LogP contribution in [0.3, 0.4) is 0 Å². The molecule has 25 heavy (non-hydrogen) atoms. The van der Waals surface area contributed by atoms with Crippen molar-refractivity contribution in [1.82, 2.24) is 15.1 Å². The van der Waals surface area contributed by atoms with E-state index in [2.05, 4.69) is 27.1 Å². The number of hydrogen-bond donors (Lipinski definition) is 1. The van der Waals surface area contributed by atoms with Gasteiger partial charge in [-0.3, -0.25) is 4.79 Å². The second-order valence-corrected chi connectivity index (χ2v) is 7.07. The minimum Gasteiger partial charge on any atom is -0.376 e. The predicted molar refractivity (Wildman–Crippen MR) is 114 cm³/mol. The van der Waals surface area contributed by atoms with Gasteiger partial charge in [-0.2, -0.15) is 11.3 Å². The molecule has 1 N–H and O–H groups in total.